The lowest BCUT2D eigenvalue weighted by molar-refractivity contribution is -0.140. The van der Waals surface area contributed by atoms with Gasteiger partial charge in [-0.25, -0.2) is 0 Å². The summed E-state index contributed by atoms with van der Waals surface area (Å²) in [5.41, 5.74) is 0. The van der Waals surface area contributed by atoms with Crippen LogP contribution >= 0.6 is 11.8 Å². The summed E-state index contributed by atoms with van der Waals surface area (Å²) >= 11 is 1.42. The minimum Gasteiger partial charge on any atom is -0.462 e. The van der Waals surface area contributed by atoms with Gasteiger partial charge < -0.3 is 9.30 Å². The molecule has 2 rings (SSSR count). The zero-order valence-corrected chi connectivity index (χ0v) is 10.7. The molecule has 2 atom stereocenters. The van der Waals surface area contributed by atoms with Crippen LogP contribution in [0.15, 0.2) is 17.8 Å². The van der Waals surface area contributed by atoms with E-state index in [0.717, 1.165) is 17.4 Å². The largest absolute Gasteiger partial charge is 0.462 e. The van der Waals surface area contributed by atoms with E-state index >= 15 is 0 Å². The molecule has 1 fully saturated rings. The SMILES string of the molecule is C=CCn1c(C)nnc1S[C@@H]1C[C@@H](C)OC1=O. The third-order valence-electron chi connectivity index (χ3n) is 2.59. The van der Waals surface area contributed by atoms with Crippen LogP contribution in [0.4, 0.5) is 0 Å². The number of esters is 1. The van der Waals surface area contributed by atoms with E-state index in [2.05, 4.69) is 16.8 Å². The van der Waals surface area contributed by atoms with E-state index in [-0.39, 0.29) is 17.3 Å². The maximum Gasteiger partial charge on any atom is 0.319 e. The minimum absolute atomic E-state index is 0.00290. The third-order valence-corrected chi connectivity index (χ3v) is 3.77. The molecular weight excluding hydrogens is 238 g/mol. The monoisotopic (exact) mass is 253 g/mol. The van der Waals surface area contributed by atoms with Crippen molar-refractivity contribution < 1.29 is 9.53 Å². The Morgan fingerprint density at radius 2 is 2.41 bits per heavy atom. The number of carbonyl (C=O) groups is 1. The number of hydrogen-bond donors (Lipinski definition) is 0. The maximum atomic E-state index is 11.5. The van der Waals surface area contributed by atoms with Gasteiger partial charge in [0.1, 0.15) is 17.2 Å². The first-order valence-electron chi connectivity index (χ1n) is 5.49. The summed E-state index contributed by atoms with van der Waals surface area (Å²) in [6.45, 7) is 8.14. The number of nitrogens with zero attached hydrogens (tertiary/aromatic N) is 3. The smallest absolute Gasteiger partial charge is 0.319 e. The Hall–Kier alpha value is -1.30. The predicted octanol–water partition coefficient (Wildman–Crippen LogP) is 1.57. The third kappa shape index (κ3) is 2.52. The summed E-state index contributed by atoms with van der Waals surface area (Å²) in [5, 5.41) is 8.67. The maximum absolute atomic E-state index is 11.5. The fraction of sp³-hybridized carbons (Fsp3) is 0.545. The Morgan fingerprint density at radius 1 is 1.65 bits per heavy atom. The van der Waals surface area contributed by atoms with Crippen molar-refractivity contribution in [1.82, 2.24) is 14.8 Å². The Morgan fingerprint density at radius 3 is 3.00 bits per heavy atom. The number of rotatable bonds is 4. The van der Waals surface area contributed by atoms with Crippen LogP contribution in [0.3, 0.4) is 0 Å². The molecule has 1 aromatic rings. The number of ether oxygens (including phenoxy) is 1. The van der Waals surface area contributed by atoms with Crippen LogP contribution in [0.1, 0.15) is 19.2 Å². The molecule has 0 spiro atoms. The molecule has 0 bridgehead atoms. The molecule has 92 valence electrons. The standard InChI is InChI=1S/C11H15N3O2S/c1-4-5-14-8(3)12-13-11(14)17-9-6-7(2)16-10(9)15/h4,7,9H,1,5-6H2,2-3H3/t7-,9-/m1/s1. The van der Waals surface area contributed by atoms with Gasteiger partial charge in [-0.05, 0) is 13.8 Å². The van der Waals surface area contributed by atoms with Gasteiger partial charge in [0.05, 0.1) is 0 Å². The molecule has 0 N–H and O–H groups in total. The van der Waals surface area contributed by atoms with Crippen molar-refractivity contribution in [3.63, 3.8) is 0 Å². The van der Waals surface area contributed by atoms with Crippen LogP contribution in [0.25, 0.3) is 0 Å². The lowest BCUT2D eigenvalue weighted by Gasteiger charge is -2.07. The Kier molecular flexibility index (Phi) is 3.51. The number of thioether (sulfide) groups is 1. The second kappa shape index (κ2) is 4.91. The van der Waals surface area contributed by atoms with Crippen LogP contribution in [-0.4, -0.2) is 32.1 Å². The highest BCUT2D eigenvalue weighted by atomic mass is 32.2. The van der Waals surface area contributed by atoms with Gasteiger partial charge in [-0.1, -0.05) is 17.8 Å². The van der Waals surface area contributed by atoms with Crippen molar-refractivity contribution in [3.8, 4) is 0 Å². The van der Waals surface area contributed by atoms with E-state index in [9.17, 15) is 4.79 Å². The Bertz CT molecular complexity index is 444. The topological polar surface area (TPSA) is 57.0 Å². The molecule has 0 aliphatic carbocycles. The van der Waals surface area contributed by atoms with Crippen LogP contribution in [0, 0.1) is 6.92 Å². The first-order valence-corrected chi connectivity index (χ1v) is 6.37. The summed E-state index contributed by atoms with van der Waals surface area (Å²) in [6.07, 6.45) is 2.51. The van der Waals surface area contributed by atoms with E-state index in [1.807, 2.05) is 18.4 Å². The quantitative estimate of drug-likeness (QED) is 0.602. The van der Waals surface area contributed by atoms with Crippen molar-refractivity contribution >= 4 is 17.7 Å². The number of allylic oxidation sites excluding steroid dienone is 1. The molecule has 0 aromatic carbocycles. The van der Waals surface area contributed by atoms with Crippen molar-refractivity contribution in [2.45, 2.75) is 43.3 Å². The van der Waals surface area contributed by atoms with E-state index in [0.29, 0.717) is 6.54 Å². The molecule has 0 unspecified atom stereocenters. The van der Waals surface area contributed by atoms with E-state index < -0.39 is 0 Å². The minimum atomic E-state index is -0.169. The van der Waals surface area contributed by atoms with E-state index in [1.165, 1.54) is 11.8 Å². The van der Waals surface area contributed by atoms with Crippen molar-refractivity contribution in [2.24, 2.45) is 0 Å². The second-order valence-corrected chi connectivity index (χ2v) is 5.19. The summed E-state index contributed by atoms with van der Waals surface area (Å²) in [7, 11) is 0. The molecule has 1 aromatic heterocycles. The van der Waals surface area contributed by atoms with Gasteiger partial charge >= 0.3 is 5.97 Å². The van der Waals surface area contributed by atoms with Gasteiger partial charge in [0.15, 0.2) is 5.16 Å². The predicted molar refractivity (Wildman–Crippen MR) is 64.8 cm³/mol. The average Bonchev–Trinajstić information content (AvgIpc) is 2.76. The zero-order valence-electron chi connectivity index (χ0n) is 9.92. The fourth-order valence-electron chi connectivity index (χ4n) is 1.73. The highest BCUT2D eigenvalue weighted by Crippen LogP contribution is 2.31. The van der Waals surface area contributed by atoms with E-state index in [4.69, 9.17) is 4.74 Å². The zero-order chi connectivity index (χ0) is 12.4. The highest BCUT2D eigenvalue weighted by Gasteiger charge is 2.34. The lowest BCUT2D eigenvalue weighted by atomic mass is 10.3. The molecule has 0 amide bonds. The van der Waals surface area contributed by atoms with Crippen molar-refractivity contribution in [2.75, 3.05) is 0 Å². The van der Waals surface area contributed by atoms with Gasteiger partial charge in [0.2, 0.25) is 0 Å². The van der Waals surface area contributed by atoms with Gasteiger partial charge in [-0.3, -0.25) is 4.79 Å². The number of hydrogen-bond acceptors (Lipinski definition) is 5. The van der Waals surface area contributed by atoms with Crippen molar-refractivity contribution in [1.29, 1.82) is 0 Å². The van der Waals surface area contributed by atoms with Gasteiger partial charge in [-0.15, -0.1) is 16.8 Å². The molecule has 6 heteroatoms. The molecule has 17 heavy (non-hydrogen) atoms. The van der Waals surface area contributed by atoms with Crippen LogP contribution in [0.2, 0.25) is 0 Å². The van der Waals surface area contributed by atoms with E-state index in [1.54, 1.807) is 6.08 Å². The number of aryl methyl sites for hydroxylation is 1. The molecule has 5 nitrogen and oxygen atoms in total. The molecule has 1 saturated heterocycles. The van der Waals surface area contributed by atoms with Gasteiger partial charge in [-0.2, -0.15) is 0 Å². The van der Waals surface area contributed by atoms with Crippen molar-refractivity contribution in [3.05, 3.63) is 18.5 Å². The second-order valence-electron chi connectivity index (χ2n) is 4.02. The van der Waals surface area contributed by atoms with Crippen LogP contribution in [0.5, 0.6) is 0 Å². The summed E-state index contributed by atoms with van der Waals surface area (Å²) in [5.74, 6) is 0.667. The average molecular weight is 253 g/mol. The number of carbonyl (C=O) groups excluding carboxylic acids is 1. The Balaban J connectivity index is 2.13. The summed E-state index contributed by atoms with van der Waals surface area (Å²) < 4.78 is 7.05. The number of cyclic esters (lactones) is 1. The normalized spacial score (nSPS) is 23.8. The summed E-state index contributed by atoms with van der Waals surface area (Å²) in [6, 6.07) is 0. The summed E-state index contributed by atoms with van der Waals surface area (Å²) in [4.78, 5) is 11.5. The molecule has 1 aliphatic heterocycles. The first-order chi connectivity index (χ1) is 8.11. The Labute approximate surface area is 104 Å². The lowest BCUT2D eigenvalue weighted by Crippen LogP contribution is -2.11. The molecule has 0 radical (unpaired) electrons. The highest BCUT2D eigenvalue weighted by molar-refractivity contribution is 8.00. The first kappa shape index (κ1) is 12.2. The van der Waals surface area contributed by atoms with Gasteiger partial charge in [0.25, 0.3) is 0 Å². The molecule has 0 saturated carbocycles. The molecular formula is C11H15N3O2S. The fourth-order valence-corrected chi connectivity index (χ4v) is 2.93. The molecule has 1 aliphatic rings. The number of aromatic nitrogens is 3. The van der Waals surface area contributed by atoms with Crippen LogP contribution < -0.4 is 0 Å². The van der Waals surface area contributed by atoms with Crippen LogP contribution in [-0.2, 0) is 16.1 Å². The van der Waals surface area contributed by atoms with Gasteiger partial charge in [0, 0.05) is 13.0 Å². The molecule has 2 heterocycles.